The fraction of sp³-hybridized carbons (Fsp3) is 0.231. The van der Waals surface area contributed by atoms with Crippen LogP contribution in [0.4, 0.5) is 10.2 Å². The molecule has 1 aliphatic carbocycles. The van der Waals surface area contributed by atoms with Crippen LogP contribution in [0.3, 0.4) is 0 Å². The van der Waals surface area contributed by atoms with Gasteiger partial charge >= 0.3 is 0 Å². The molecule has 6 heteroatoms. The molecule has 2 aromatic rings. The van der Waals surface area contributed by atoms with Gasteiger partial charge in [-0.25, -0.2) is 9.37 Å². The highest BCUT2D eigenvalue weighted by Crippen LogP contribution is 2.39. The van der Waals surface area contributed by atoms with Crippen LogP contribution >= 0.6 is 15.9 Å². The Kier molecular flexibility index (Phi) is 3.10. The number of hydrogen-bond donors (Lipinski definition) is 1. The molecule has 0 bridgehead atoms. The highest BCUT2D eigenvalue weighted by atomic mass is 79.9. The van der Waals surface area contributed by atoms with E-state index >= 15 is 0 Å². The highest BCUT2D eigenvalue weighted by molar-refractivity contribution is 9.10. The number of ether oxygens (including phenoxy) is 1. The van der Waals surface area contributed by atoms with Gasteiger partial charge in [-0.1, -0.05) is 15.9 Å². The standard InChI is InChI=1S/C13H11BrFN3O/c14-8-3-9(15)5-10(4-8)19-12-6-11(16)17-13(18-12)7-1-2-7/h3-7H,1-2H2,(H2,16,17,18). The van der Waals surface area contributed by atoms with Gasteiger partial charge in [-0.2, -0.15) is 4.98 Å². The molecule has 2 N–H and O–H groups in total. The number of aromatic nitrogens is 2. The molecule has 1 aromatic heterocycles. The van der Waals surface area contributed by atoms with E-state index in [1.54, 1.807) is 6.07 Å². The molecule has 0 saturated heterocycles. The Hall–Kier alpha value is -1.69. The summed E-state index contributed by atoms with van der Waals surface area (Å²) < 4.78 is 19.4. The van der Waals surface area contributed by atoms with Crippen molar-refractivity contribution in [2.75, 3.05) is 5.73 Å². The van der Waals surface area contributed by atoms with Crippen molar-refractivity contribution in [1.29, 1.82) is 0 Å². The molecule has 0 unspecified atom stereocenters. The molecule has 3 rings (SSSR count). The van der Waals surface area contributed by atoms with E-state index in [4.69, 9.17) is 10.5 Å². The number of rotatable bonds is 3. The molecule has 0 radical (unpaired) electrons. The largest absolute Gasteiger partial charge is 0.439 e. The van der Waals surface area contributed by atoms with E-state index in [2.05, 4.69) is 25.9 Å². The summed E-state index contributed by atoms with van der Waals surface area (Å²) in [5.41, 5.74) is 5.72. The average Bonchev–Trinajstić information content (AvgIpc) is 3.09. The van der Waals surface area contributed by atoms with E-state index in [9.17, 15) is 4.39 Å². The van der Waals surface area contributed by atoms with Gasteiger partial charge in [0.05, 0.1) is 0 Å². The summed E-state index contributed by atoms with van der Waals surface area (Å²) in [7, 11) is 0. The molecule has 0 aliphatic heterocycles. The third kappa shape index (κ3) is 3.01. The first-order valence-corrected chi connectivity index (χ1v) is 6.68. The molecule has 1 heterocycles. The fourth-order valence-corrected chi connectivity index (χ4v) is 2.19. The number of hydrogen-bond acceptors (Lipinski definition) is 4. The molecule has 19 heavy (non-hydrogen) atoms. The van der Waals surface area contributed by atoms with Crippen LogP contribution in [0.5, 0.6) is 11.6 Å². The summed E-state index contributed by atoms with van der Waals surface area (Å²) in [6.45, 7) is 0. The lowest BCUT2D eigenvalue weighted by Gasteiger charge is -2.07. The number of benzene rings is 1. The number of anilines is 1. The lowest BCUT2D eigenvalue weighted by atomic mass is 10.3. The lowest BCUT2D eigenvalue weighted by molar-refractivity contribution is 0.454. The van der Waals surface area contributed by atoms with Gasteiger partial charge in [0, 0.05) is 22.5 Å². The Balaban J connectivity index is 1.89. The topological polar surface area (TPSA) is 61.0 Å². The number of nitrogens with two attached hydrogens (primary N) is 1. The van der Waals surface area contributed by atoms with Gasteiger partial charge in [0.1, 0.15) is 23.2 Å². The first kappa shape index (κ1) is 12.3. The Morgan fingerprint density at radius 3 is 2.68 bits per heavy atom. The van der Waals surface area contributed by atoms with E-state index in [1.807, 2.05) is 0 Å². The summed E-state index contributed by atoms with van der Waals surface area (Å²) in [5, 5.41) is 0. The highest BCUT2D eigenvalue weighted by Gasteiger charge is 2.27. The predicted molar refractivity (Wildman–Crippen MR) is 72.6 cm³/mol. The number of nitrogen functional groups attached to an aromatic ring is 1. The second-order valence-electron chi connectivity index (χ2n) is 4.47. The number of halogens is 2. The maximum atomic E-state index is 13.3. The van der Waals surface area contributed by atoms with Crippen LogP contribution in [0.25, 0.3) is 0 Å². The Labute approximate surface area is 118 Å². The van der Waals surface area contributed by atoms with Crippen LogP contribution in [-0.2, 0) is 0 Å². The Bertz CT molecular complexity index is 611. The normalized spacial score (nSPS) is 14.4. The van der Waals surface area contributed by atoms with Crippen molar-refractivity contribution in [3.63, 3.8) is 0 Å². The molecule has 4 nitrogen and oxygen atoms in total. The van der Waals surface area contributed by atoms with Gasteiger partial charge in [0.15, 0.2) is 0 Å². The van der Waals surface area contributed by atoms with Crippen molar-refractivity contribution < 1.29 is 9.13 Å². The second-order valence-corrected chi connectivity index (χ2v) is 5.39. The average molecular weight is 324 g/mol. The zero-order valence-corrected chi connectivity index (χ0v) is 11.5. The minimum atomic E-state index is -0.381. The van der Waals surface area contributed by atoms with Crippen molar-refractivity contribution in [3.05, 3.63) is 40.4 Å². The maximum Gasteiger partial charge on any atom is 0.224 e. The van der Waals surface area contributed by atoms with Crippen LogP contribution in [-0.4, -0.2) is 9.97 Å². The van der Waals surface area contributed by atoms with E-state index in [0.29, 0.717) is 33.7 Å². The zero-order valence-electron chi connectivity index (χ0n) is 9.94. The van der Waals surface area contributed by atoms with Gasteiger partial charge in [-0.15, -0.1) is 0 Å². The van der Waals surface area contributed by atoms with Gasteiger partial charge in [-0.3, -0.25) is 0 Å². The second kappa shape index (κ2) is 4.77. The molecule has 0 atom stereocenters. The lowest BCUT2D eigenvalue weighted by Crippen LogP contribution is -2.00. The third-order valence-corrected chi connectivity index (χ3v) is 3.20. The van der Waals surface area contributed by atoms with Crippen LogP contribution in [0.1, 0.15) is 24.6 Å². The van der Waals surface area contributed by atoms with Crippen molar-refractivity contribution in [2.24, 2.45) is 0 Å². The quantitative estimate of drug-likeness (QED) is 0.936. The summed E-state index contributed by atoms with van der Waals surface area (Å²) in [4.78, 5) is 8.48. The van der Waals surface area contributed by atoms with Gasteiger partial charge in [0.25, 0.3) is 0 Å². The maximum absolute atomic E-state index is 13.3. The van der Waals surface area contributed by atoms with Crippen molar-refractivity contribution in [3.8, 4) is 11.6 Å². The summed E-state index contributed by atoms with van der Waals surface area (Å²) in [6, 6.07) is 5.85. The number of nitrogens with zero attached hydrogens (tertiary/aromatic N) is 2. The smallest absolute Gasteiger partial charge is 0.224 e. The van der Waals surface area contributed by atoms with Crippen molar-refractivity contribution >= 4 is 21.7 Å². The van der Waals surface area contributed by atoms with Crippen molar-refractivity contribution in [1.82, 2.24) is 9.97 Å². The predicted octanol–water partition coefficient (Wildman–Crippen LogP) is 3.63. The molecule has 1 fully saturated rings. The molecular formula is C13H11BrFN3O. The van der Waals surface area contributed by atoms with E-state index in [1.165, 1.54) is 18.2 Å². The summed E-state index contributed by atoms with van der Waals surface area (Å²) >= 11 is 3.21. The van der Waals surface area contributed by atoms with Crippen LogP contribution in [0.2, 0.25) is 0 Å². The molecule has 0 amide bonds. The first-order valence-electron chi connectivity index (χ1n) is 5.88. The summed E-state index contributed by atoms with van der Waals surface area (Å²) in [6.07, 6.45) is 2.16. The van der Waals surface area contributed by atoms with Crippen LogP contribution < -0.4 is 10.5 Å². The molecule has 1 aromatic carbocycles. The SMILES string of the molecule is Nc1cc(Oc2cc(F)cc(Br)c2)nc(C2CC2)n1. The summed E-state index contributed by atoms with van der Waals surface area (Å²) in [5.74, 6) is 1.77. The third-order valence-electron chi connectivity index (χ3n) is 2.74. The minimum absolute atomic E-state index is 0.340. The van der Waals surface area contributed by atoms with Crippen LogP contribution in [0.15, 0.2) is 28.7 Å². The van der Waals surface area contributed by atoms with Crippen LogP contribution in [0, 0.1) is 5.82 Å². The van der Waals surface area contributed by atoms with Gasteiger partial charge in [0.2, 0.25) is 5.88 Å². The van der Waals surface area contributed by atoms with Gasteiger partial charge < -0.3 is 10.5 Å². The Morgan fingerprint density at radius 1 is 1.21 bits per heavy atom. The van der Waals surface area contributed by atoms with E-state index < -0.39 is 0 Å². The van der Waals surface area contributed by atoms with E-state index in [-0.39, 0.29) is 5.82 Å². The Morgan fingerprint density at radius 2 is 2.00 bits per heavy atom. The zero-order chi connectivity index (χ0) is 13.4. The molecular weight excluding hydrogens is 313 g/mol. The molecule has 1 saturated carbocycles. The van der Waals surface area contributed by atoms with E-state index in [0.717, 1.165) is 12.8 Å². The molecule has 1 aliphatic rings. The minimum Gasteiger partial charge on any atom is -0.439 e. The monoisotopic (exact) mass is 323 g/mol. The molecule has 0 spiro atoms. The van der Waals surface area contributed by atoms with Crippen molar-refractivity contribution in [2.45, 2.75) is 18.8 Å². The first-order chi connectivity index (χ1) is 9.10. The fourth-order valence-electron chi connectivity index (χ4n) is 1.75. The molecule has 98 valence electrons. The van der Waals surface area contributed by atoms with Gasteiger partial charge in [-0.05, 0) is 25.0 Å².